The summed E-state index contributed by atoms with van der Waals surface area (Å²) in [5.41, 5.74) is 3.28. The van der Waals surface area contributed by atoms with Gasteiger partial charge in [0.1, 0.15) is 0 Å². The fourth-order valence-corrected chi connectivity index (χ4v) is 4.23. The lowest BCUT2D eigenvalue weighted by Gasteiger charge is -2.23. The van der Waals surface area contributed by atoms with Gasteiger partial charge in [0, 0.05) is 29.3 Å². The van der Waals surface area contributed by atoms with Gasteiger partial charge in [0.2, 0.25) is 10.0 Å². The van der Waals surface area contributed by atoms with Gasteiger partial charge in [-0.2, -0.15) is 4.31 Å². The van der Waals surface area contributed by atoms with Crippen molar-refractivity contribution in [2.45, 2.75) is 25.4 Å². The summed E-state index contributed by atoms with van der Waals surface area (Å²) in [6.07, 6.45) is 3.08. The number of nitrogens with one attached hydrogen (secondary N) is 1. The third-order valence-electron chi connectivity index (χ3n) is 4.29. The van der Waals surface area contributed by atoms with Gasteiger partial charge >= 0.3 is 0 Å². The first-order valence-electron chi connectivity index (χ1n) is 7.96. The zero-order chi connectivity index (χ0) is 17.2. The Bertz CT molecular complexity index is 809. The van der Waals surface area contributed by atoms with Crippen LogP contribution in [0.2, 0.25) is 0 Å². The quantitative estimate of drug-likeness (QED) is 0.839. The molecule has 0 saturated carbocycles. The van der Waals surface area contributed by atoms with E-state index >= 15 is 0 Å². The first-order chi connectivity index (χ1) is 11.4. The van der Waals surface area contributed by atoms with Crippen molar-refractivity contribution in [3.8, 4) is 0 Å². The normalized spacial score (nSPS) is 18.5. The van der Waals surface area contributed by atoms with E-state index in [0.29, 0.717) is 13.1 Å². The minimum atomic E-state index is -3.24. The molecule has 1 N–H and O–H groups in total. The lowest BCUT2D eigenvalue weighted by atomic mass is 10.0. The predicted octanol–water partition coefficient (Wildman–Crippen LogP) is 3.64. The Morgan fingerprint density at radius 1 is 1.21 bits per heavy atom. The molecule has 1 aliphatic heterocycles. The fourth-order valence-electron chi connectivity index (χ4n) is 3.00. The van der Waals surface area contributed by atoms with Gasteiger partial charge in [-0.1, -0.05) is 46.3 Å². The van der Waals surface area contributed by atoms with E-state index in [2.05, 4.69) is 33.4 Å². The SMILES string of the molecule is CS(=O)(=O)N1Cc2cc(Br)ccc2NC(CCc2ccccc2)C1. The lowest BCUT2D eigenvalue weighted by Crippen LogP contribution is -2.37. The second kappa shape index (κ2) is 7.25. The zero-order valence-electron chi connectivity index (χ0n) is 13.6. The third kappa shape index (κ3) is 4.37. The van der Waals surface area contributed by atoms with Crippen LogP contribution in [0.5, 0.6) is 0 Å². The van der Waals surface area contributed by atoms with E-state index in [9.17, 15) is 8.42 Å². The van der Waals surface area contributed by atoms with Crippen molar-refractivity contribution in [2.24, 2.45) is 0 Å². The van der Waals surface area contributed by atoms with Gasteiger partial charge in [-0.15, -0.1) is 0 Å². The molecule has 6 heteroatoms. The van der Waals surface area contributed by atoms with Crippen molar-refractivity contribution in [2.75, 3.05) is 18.1 Å². The van der Waals surface area contributed by atoms with Crippen molar-refractivity contribution in [3.63, 3.8) is 0 Å². The number of aryl methyl sites for hydroxylation is 1. The molecule has 2 aromatic carbocycles. The van der Waals surface area contributed by atoms with Crippen molar-refractivity contribution in [1.29, 1.82) is 0 Å². The van der Waals surface area contributed by atoms with E-state index in [-0.39, 0.29) is 6.04 Å². The van der Waals surface area contributed by atoms with Crippen LogP contribution in [0.1, 0.15) is 17.5 Å². The van der Waals surface area contributed by atoms with Crippen molar-refractivity contribution < 1.29 is 8.42 Å². The average Bonchev–Trinajstić information content (AvgIpc) is 2.72. The van der Waals surface area contributed by atoms with Crippen LogP contribution in [-0.2, 0) is 23.0 Å². The van der Waals surface area contributed by atoms with Gasteiger partial charge < -0.3 is 5.32 Å². The van der Waals surface area contributed by atoms with Crippen molar-refractivity contribution in [1.82, 2.24) is 4.31 Å². The van der Waals surface area contributed by atoms with Crippen molar-refractivity contribution >= 4 is 31.6 Å². The molecule has 128 valence electrons. The minimum Gasteiger partial charge on any atom is -0.381 e. The Balaban J connectivity index is 1.82. The molecule has 0 fully saturated rings. The summed E-state index contributed by atoms with van der Waals surface area (Å²) in [6, 6.07) is 16.4. The van der Waals surface area contributed by atoms with E-state index in [4.69, 9.17) is 0 Å². The Morgan fingerprint density at radius 3 is 2.67 bits per heavy atom. The third-order valence-corrected chi connectivity index (χ3v) is 6.00. The second-order valence-electron chi connectivity index (χ2n) is 6.22. The number of sulfonamides is 1. The Morgan fingerprint density at radius 2 is 1.96 bits per heavy atom. The van der Waals surface area contributed by atoms with Gasteiger partial charge in [0.25, 0.3) is 0 Å². The number of halogens is 1. The molecule has 1 atom stereocenters. The van der Waals surface area contributed by atoms with Gasteiger partial charge in [0.05, 0.1) is 6.26 Å². The molecule has 0 spiro atoms. The molecule has 2 aromatic rings. The van der Waals surface area contributed by atoms with Gasteiger partial charge in [-0.05, 0) is 42.2 Å². The topological polar surface area (TPSA) is 49.4 Å². The van der Waals surface area contributed by atoms with E-state index in [1.165, 1.54) is 11.8 Å². The first-order valence-corrected chi connectivity index (χ1v) is 10.6. The highest BCUT2D eigenvalue weighted by Gasteiger charge is 2.26. The fraction of sp³-hybridized carbons (Fsp3) is 0.333. The standard InChI is InChI=1S/C18H21BrN2O2S/c1-24(22,23)21-12-15-11-16(19)8-10-18(15)20-17(13-21)9-7-14-5-3-2-4-6-14/h2-6,8,10-11,17,20H,7,9,12-13H2,1H3. The average molecular weight is 409 g/mol. The van der Waals surface area contributed by atoms with E-state index in [1.807, 2.05) is 36.4 Å². The van der Waals surface area contributed by atoms with Crippen LogP contribution in [-0.4, -0.2) is 31.6 Å². The summed E-state index contributed by atoms with van der Waals surface area (Å²) >= 11 is 3.47. The molecule has 0 radical (unpaired) electrons. The monoisotopic (exact) mass is 408 g/mol. The number of hydrogen-bond acceptors (Lipinski definition) is 3. The first kappa shape index (κ1) is 17.5. The number of fused-ring (bicyclic) bond motifs is 1. The number of nitrogens with zero attached hydrogens (tertiary/aromatic N) is 1. The molecular formula is C18H21BrN2O2S. The largest absolute Gasteiger partial charge is 0.381 e. The highest BCUT2D eigenvalue weighted by Crippen LogP contribution is 2.28. The summed E-state index contributed by atoms with van der Waals surface area (Å²) < 4.78 is 26.8. The zero-order valence-corrected chi connectivity index (χ0v) is 16.0. The van der Waals surface area contributed by atoms with Crippen LogP contribution < -0.4 is 5.32 Å². The molecule has 24 heavy (non-hydrogen) atoms. The molecule has 3 rings (SSSR count). The van der Waals surface area contributed by atoms with E-state index < -0.39 is 10.0 Å². The van der Waals surface area contributed by atoms with E-state index in [1.54, 1.807) is 4.31 Å². The van der Waals surface area contributed by atoms with Gasteiger partial charge in [-0.25, -0.2) is 8.42 Å². The van der Waals surface area contributed by atoms with Gasteiger partial charge in [0.15, 0.2) is 0 Å². The molecule has 4 nitrogen and oxygen atoms in total. The summed E-state index contributed by atoms with van der Waals surface area (Å²) in [6.45, 7) is 0.889. The summed E-state index contributed by atoms with van der Waals surface area (Å²) in [7, 11) is -3.24. The van der Waals surface area contributed by atoms with Crippen LogP contribution in [0.4, 0.5) is 5.69 Å². The molecule has 1 unspecified atom stereocenters. The minimum absolute atomic E-state index is 0.0855. The van der Waals surface area contributed by atoms with Crippen LogP contribution >= 0.6 is 15.9 Å². The molecule has 0 aromatic heterocycles. The van der Waals surface area contributed by atoms with Crippen LogP contribution in [0.25, 0.3) is 0 Å². The van der Waals surface area contributed by atoms with Gasteiger partial charge in [-0.3, -0.25) is 0 Å². The Hall–Kier alpha value is -1.37. The molecular weight excluding hydrogens is 388 g/mol. The molecule has 0 bridgehead atoms. The lowest BCUT2D eigenvalue weighted by molar-refractivity contribution is 0.391. The number of hydrogen-bond donors (Lipinski definition) is 1. The predicted molar refractivity (Wildman–Crippen MR) is 102 cm³/mol. The molecule has 0 aliphatic carbocycles. The number of anilines is 1. The summed E-state index contributed by atoms with van der Waals surface area (Å²) in [5.74, 6) is 0. The highest BCUT2D eigenvalue weighted by atomic mass is 79.9. The maximum absolute atomic E-state index is 12.1. The second-order valence-corrected chi connectivity index (χ2v) is 9.12. The molecule has 1 aliphatic rings. The maximum atomic E-state index is 12.1. The molecule has 0 amide bonds. The summed E-state index contributed by atoms with van der Waals surface area (Å²) in [4.78, 5) is 0. The van der Waals surface area contributed by atoms with Crippen molar-refractivity contribution in [3.05, 3.63) is 64.1 Å². The van der Waals surface area contributed by atoms with E-state index in [0.717, 1.165) is 28.6 Å². The highest BCUT2D eigenvalue weighted by molar-refractivity contribution is 9.10. The smallest absolute Gasteiger partial charge is 0.211 e. The maximum Gasteiger partial charge on any atom is 0.211 e. The van der Waals surface area contributed by atoms with Crippen LogP contribution in [0, 0.1) is 0 Å². The Kier molecular flexibility index (Phi) is 5.27. The Labute approximate surface area is 152 Å². The van der Waals surface area contributed by atoms with Crippen LogP contribution in [0.15, 0.2) is 53.0 Å². The number of rotatable bonds is 4. The van der Waals surface area contributed by atoms with Crippen LogP contribution in [0.3, 0.4) is 0 Å². The molecule has 1 heterocycles. The summed E-state index contributed by atoms with van der Waals surface area (Å²) in [5, 5.41) is 3.53. The molecule has 0 saturated heterocycles. The number of benzene rings is 2.